The van der Waals surface area contributed by atoms with Crippen LogP contribution < -0.4 is 10.1 Å². The molecule has 1 atom stereocenters. The van der Waals surface area contributed by atoms with E-state index in [9.17, 15) is 0 Å². The van der Waals surface area contributed by atoms with Gasteiger partial charge in [-0.1, -0.05) is 18.1 Å². The molecule has 3 heteroatoms. The summed E-state index contributed by atoms with van der Waals surface area (Å²) in [5, 5.41) is 3.24. The normalized spacial score (nSPS) is 11.8. The van der Waals surface area contributed by atoms with Gasteiger partial charge >= 0.3 is 0 Å². The van der Waals surface area contributed by atoms with Crippen LogP contribution in [0, 0.1) is 12.3 Å². The molecule has 92 valence electrons. The molecule has 0 aliphatic carbocycles. The summed E-state index contributed by atoms with van der Waals surface area (Å²) >= 11 is 0. The first-order chi connectivity index (χ1) is 8.31. The molecule has 0 aliphatic rings. The molecule has 1 rings (SSSR count). The van der Waals surface area contributed by atoms with Crippen LogP contribution in [-0.4, -0.2) is 26.9 Å². The van der Waals surface area contributed by atoms with E-state index in [0.29, 0.717) is 19.8 Å². The van der Waals surface area contributed by atoms with Crippen LogP contribution in [0.4, 0.5) is 0 Å². The van der Waals surface area contributed by atoms with Gasteiger partial charge in [0.1, 0.15) is 5.75 Å². The van der Waals surface area contributed by atoms with Crippen molar-refractivity contribution in [3.8, 4) is 18.1 Å². The average molecular weight is 233 g/mol. The number of hydrogen-bond donors (Lipinski definition) is 1. The average Bonchev–Trinajstić information content (AvgIpc) is 2.36. The second-order valence-corrected chi connectivity index (χ2v) is 3.60. The van der Waals surface area contributed by atoms with Crippen LogP contribution >= 0.6 is 0 Å². The molecule has 0 aliphatic heterocycles. The SMILES string of the molecule is C#CCNC(COC)c1ccc(OCC)cc1. The summed E-state index contributed by atoms with van der Waals surface area (Å²) < 4.78 is 10.6. The van der Waals surface area contributed by atoms with Crippen molar-refractivity contribution in [2.75, 3.05) is 26.9 Å². The first kappa shape index (κ1) is 13.6. The van der Waals surface area contributed by atoms with Gasteiger partial charge in [-0.25, -0.2) is 0 Å². The zero-order valence-electron chi connectivity index (χ0n) is 10.4. The summed E-state index contributed by atoms with van der Waals surface area (Å²) in [6, 6.07) is 8.08. The molecule has 1 aromatic carbocycles. The second kappa shape index (κ2) is 7.72. The van der Waals surface area contributed by atoms with Crippen LogP contribution in [0.25, 0.3) is 0 Å². The lowest BCUT2D eigenvalue weighted by atomic mass is 10.1. The molecule has 0 bridgehead atoms. The van der Waals surface area contributed by atoms with Gasteiger partial charge < -0.3 is 9.47 Å². The molecule has 0 amide bonds. The maximum Gasteiger partial charge on any atom is 0.119 e. The fourth-order valence-electron chi connectivity index (χ4n) is 1.58. The van der Waals surface area contributed by atoms with Crippen LogP contribution in [0.5, 0.6) is 5.75 Å². The smallest absolute Gasteiger partial charge is 0.119 e. The Morgan fingerprint density at radius 2 is 2.06 bits per heavy atom. The topological polar surface area (TPSA) is 30.5 Å². The van der Waals surface area contributed by atoms with Gasteiger partial charge in [-0.3, -0.25) is 5.32 Å². The third-order valence-electron chi connectivity index (χ3n) is 2.38. The van der Waals surface area contributed by atoms with Crippen molar-refractivity contribution in [2.24, 2.45) is 0 Å². The Labute approximate surface area is 103 Å². The van der Waals surface area contributed by atoms with E-state index >= 15 is 0 Å². The van der Waals surface area contributed by atoms with E-state index in [4.69, 9.17) is 15.9 Å². The van der Waals surface area contributed by atoms with E-state index in [0.717, 1.165) is 11.3 Å². The van der Waals surface area contributed by atoms with Gasteiger partial charge in [-0.2, -0.15) is 0 Å². The van der Waals surface area contributed by atoms with Crippen LogP contribution in [0.2, 0.25) is 0 Å². The fourth-order valence-corrected chi connectivity index (χ4v) is 1.58. The minimum absolute atomic E-state index is 0.117. The van der Waals surface area contributed by atoms with Crippen molar-refractivity contribution in [3.05, 3.63) is 29.8 Å². The molecule has 1 aromatic rings. The monoisotopic (exact) mass is 233 g/mol. The van der Waals surface area contributed by atoms with E-state index in [1.54, 1.807) is 7.11 Å². The summed E-state index contributed by atoms with van der Waals surface area (Å²) in [5.74, 6) is 3.45. The third-order valence-corrected chi connectivity index (χ3v) is 2.38. The van der Waals surface area contributed by atoms with Gasteiger partial charge in [0, 0.05) is 7.11 Å². The summed E-state index contributed by atoms with van der Waals surface area (Å²) in [7, 11) is 1.68. The van der Waals surface area contributed by atoms with Gasteiger partial charge in [0.2, 0.25) is 0 Å². The molecule has 0 aromatic heterocycles. The van der Waals surface area contributed by atoms with Gasteiger partial charge in [-0.15, -0.1) is 6.42 Å². The summed E-state index contributed by atoms with van der Waals surface area (Å²) in [5.41, 5.74) is 1.14. The number of methoxy groups -OCH3 is 1. The zero-order chi connectivity index (χ0) is 12.5. The highest BCUT2D eigenvalue weighted by atomic mass is 16.5. The lowest BCUT2D eigenvalue weighted by Gasteiger charge is -2.17. The van der Waals surface area contributed by atoms with Gasteiger partial charge in [0.05, 0.1) is 25.8 Å². The Kier molecular flexibility index (Phi) is 6.16. The van der Waals surface area contributed by atoms with E-state index < -0.39 is 0 Å². The molecule has 0 heterocycles. The zero-order valence-corrected chi connectivity index (χ0v) is 10.4. The van der Waals surface area contributed by atoms with E-state index in [-0.39, 0.29) is 6.04 Å². The minimum Gasteiger partial charge on any atom is -0.494 e. The third kappa shape index (κ3) is 4.48. The number of rotatable bonds is 7. The molecule has 0 saturated heterocycles. The van der Waals surface area contributed by atoms with Gasteiger partial charge in [-0.05, 0) is 24.6 Å². The van der Waals surface area contributed by atoms with Gasteiger partial charge in [0.25, 0.3) is 0 Å². The summed E-state index contributed by atoms with van der Waals surface area (Å²) in [6.45, 7) is 3.77. The van der Waals surface area contributed by atoms with Crippen LogP contribution in [0.3, 0.4) is 0 Å². The Morgan fingerprint density at radius 1 is 1.35 bits per heavy atom. The standard InChI is InChI=1S/C14H19NO2/c1-4-10-15-14(11-16-3)12-6-8-13(9-7-12)17-5-2/h1,6-9,14-15H,5,10-11H2,2-3H3. The lowest BCUT2D eigenvalue weighted by Crippen LogP contribution is -2.25. The summed E-state index contributed by atoms with van der Waals surface area (Å²) in [4.78, 5) is 0. The fraction of sp³-hybridized carbons (Fsp3) is 0.429. The highest BCUT2D eigenvalue weighted by molar-refractivity contribution is 5.29. The summed E-state index contributed by atoms with van der Waals surface area (Å²) in [6.07, 6.45) is 5.24. The molecule has 0 spiro atoms. The number of nitrogens with one attached hydrogen (secondary N) is 1. The van der Waals surface area contributed by atoms with Gasteiger partial charge in [0.15, 0.2) is 0 Å². The highest BCUT2D eigenvalue weighted by Gasteiger charge is 2.09. The predicted octanol–water partition coefficient (Wildman–Crippen LogP) is 2.00. The quantitative estimate of drug-likeness (QED) is 0.731. The molecular formula is C14H19NO2. The van der Waals surface area contributed by atoms with Crippen molar-refractivity contribution in [1.82, 2.24) is 5.32 Å². The van der Waals surface area contributed by atoms with Crippen molar-refractivity contribution in [2.45, 2.75) is 13.0 Å². The van der Waals surface area contributed by atoms with Crippen molar-refractivity contribution < 1.29 is 9.47 Å². The van der Waals surface area contributed by atoms with Crippen LogP contribution in [-0.2, 0) is 4.74 Å². The number of ether oxygens (including phenoxy) is 2. The van der Waals surface area contributed by atoms with Crippen molar-refractivity contribution >= 4 is 0 Å². The Balaban J connectivity index is 2.69. The van der Waals surface area contributed by atoms with E-state index in [1.807, 2.05) is 31.2 Å². The van der Waals surface area contributed by atoms with Crippen LogP contribution in [0.15, 0.2) is 24.3 Å². The molecule has 1 N–H and O–H groups in total. The number of benzene rings is 1. The first-order valence-corrected chi connectivity index (χ1v) is 5.70. The highest BCUT2D eigenvalue weighted by Crippen LogP contribution is 2.18. The lowest BCUT2D eigenvalue weighted by molar-refractivity contribution is 0.169. The second-order valence-electron chi connectivity index (χ2n) is 3.60. The van der Waals surface area contributed by atoms with E-state index in [2.05, 4.69) is 11.2 Å². The molecule has 0 fully saturated rings. The molecule has 0 saturated carbocycles. The molecule has 1 unspecified atom stereocenters. The number of terminal acetylenes is 1. The van der Waals surface area contributed by atoms with E-state index in [1.165, 1.54) is 0 Å². The molecule has 17 heavy (non-hydrogen) atoms. The number of hydrogen-bond acceptors (Lipinski definition) is 3. The molecule has 0 radical (unpaired) electrons. The van der Waals surface area contributed by atoms with Crippen molar-refractivity contribution in [3.63, 3.8) is 0 Å². The minimum atomic E-state index is 0.117. The van der Waals surface area contributed by atoms with Crippen molar-refractivity contribution in [1.29, 1.82) is 0 Å². The van der Waals surface area contributed by atoms with Crippen LogP contribution in [0.1, 0.15) is 18.5 Å². The maximum absolute atomic E-state index is 5.40. The maximum atomic E-state index is 5.40. The Bertz CT molecular complexity index is 353. The molecule has 3 nitrogen and oxygen atoms in total. The predicted molar refractivity (Wildman–Crippen MR) is 69.1 cm³/mol. The largest absolute Gasteiger partial charge is 0.494 e. The Hall–Kier alpha value is -1.50. The first-order valence-electron chi connectivity index (χ1n) is 5.70. The Morgan fingerprint density at radius 3 is 2.59 bits per heavy atom. The molecular weight excluding hydrogens is 214 g/mol.